The molecule has 3 aliphatic rings. The Hall–Kier alpha value is -3.19. The van der Waals surface area contributed by atoms with Gasteiger partial charge in [0.15, 0.2) is 11.6 Å². The van der Waals surface area contributed by atoms with Crippen molar-refractivity contribution in [1.82, 2.24) is 15.3 Å². The van der Waals surface area contributed by atoms with E-state index in [0.717, 1.165) is 24.1 Å². The second-order valence-corrected chi connectivity index (χ2v) is 10.4. The van der Waals surface area contributed by atoms with Gasteiger partial charge in [0.1, 0.15) is 35.3 Å². The molecule has 7 nitrogen and oxygen atoms in total. The Morgan fingerprint density at radius 2 is 2.18 bits per heavy atom. The number of ether oxygens (including phenoxy) is 1. The van der Waals surface area contributed by atoms with Gasteiger partial charge in [0.25, 0.3) is 0 Å². The van der Waals surface area contributed by atoms with E-state index in [9.17, 15) is 5.26 Å². The Labute approximate surface area is 202 Å². The van der Waals surface area contributed by atoms with Crippen molar-refractivity contribution in [2.75, 3.05) is 23.8 Å². The number of hydrogen-bond acceptors (Lipinski definition) is 8. The number of nitrogens with one attached hydrogen (secondary N) is 1. The number of aromatic nitrogens is 2. The quantitative estimate of drug-likeness (QED) is 0.404. The standard InChI is InChI=1S/C24H18ClFN6OS/c25-19-17(11-2-1-3-15-16(11)12(6-27)23(28)34-15)20(26)21-18-22(19)33-8-14-13-5-4-10(31-13)7-32(14)24(18)30-9-29-21/h1-3,9-10,13-14,31H,4-5,7-8,28H2/t10-,13+,14-/m0/s1. The maximum absolute atomic E-state index is 16.3. The highest BCUT2D eigenvalue weighted by Crippen LogP contribution is 2.50. The number of hydrogen-bond donors (Lipinski definition) is 2. The number of nitrogens with two attached hydrogens (primary N) is 1. The van der Waals surface area contributed by atoms with Crippen molar-refractivity contribution in [2.24, 2.45) is 0 Å². The largest absolute Gasteiger partial charge is 0.489 e. The van der Waals surface area contributed by atoms with Crippen LogP contribution in [0.2, 0.25) is 5.02 Å². The van der Waals surface area contributed by atoms with Gasteiger partial charge in [0, 0.05) is 34.3 Å². The van der Waals surface area contributed by atoms with Crippen LogP contribution in [0.5, 0.6) is 5.75 Å². The predicted octanol–water partition coefficient (Wildman–Crippen LogP) is 4.46. The monoisotopic (exact) mass is 492 g/mol. The molecule has 7 rings (SSSR count). The number of rotatable bonds is 1. The molecular weight excluding hydrogens is 475 g/mol. The Morgan fingerprint density at radius 1 is 1.29 bits per heavy atom. The van der Waals surface area contributed by atoms with Crippen molar-refractivity contribution in [3.8, 4) is 22.9 Å². The van der Waals surface area contributed by atoms with E-state index in [-0.39, 0.29) is 28.2 Å². The Bertz CT molecular complexity index is 1570. The first-order valence-electron chi connectivity index (χ1n) is 11.1. The lowest BCUT2D eigenvalue weighted by Crippen LogP contribution is -2.60. The number of thiophene rings is 1. The van der Waals surface area contributed by atoms with Gasteiger partial charge in [-0.25, -0.2) is 14.4 Å². The maximum atomic E-state index is 16.3. The van der Waals surface area contributed by atoms with Gasteiger partial charge in [-0.2, -0.15) is 5.26 Å². The summed E-state index contributed by atoms with van der Waals surface area (Å²) in [5, 5.41) is 15.0. The smallest absolute Gasteiger partial charge is 0.159 e. The topological polar surface area (TPSA) is 100 Å². The number of piperazine rings is 1. The number of anilines is 2. The van der Waals surface area contributed by atoms with Gasteiger partial charge in [0.05, 0.1) is 22.0 Å². The van der Waals surface area contributed by atoms with E-state index in [1.165, 1.54) is 17.7 Å². The SMILES string of the molecule is N#Cc1c(N)sc2cccc(-c3c(Cl)c4c5c(ncnc5c3F)N3C[C@@H]5CC[C@@H](N5)[C@@H]3CO4)c12. The van der Waals surface area contributed by atoms with Crippen LogP contribution in [0.3, 0.4) is 0 Å². The third-order valence-corrected chi connectivity index (χ3v) is 8.60. The fourth-order valence-electron chi connectivity index (χ4n) is 5.77. The van der Waals surface area contributed by atoms with Crippen molar-refractivity contribution in [1.29, 1.82) is 5.26 Å². The van der Waals surface area contributed by atoms with Crippen LogP contribution in [-0.2, 0) is 0 Å². The van der Waals surface area contributed by atoms with Gasteiger partial charge >= 0.3 is 0 Å². The summed E-state index contributed by atoms with van der Waals surface area (Å²) >= 11 is 8.21. The lowest BCUT2D eigenvalue weighted by atomic mass is 9.96. The van der Waals surface area contributed by atoms with E-state index in [1.807, 2.05) is 6.07 Å². The van der Waals surface area contributed by atoms with Gasteiger partial charge in [-0.15, -0.1) is 11.3 Å². The molecule has 2 aromatic carbocycles. The summed E-state index contributed by atoms with van der Waals surface area (Å²) in [5.41, 5.74) is 7.22. The van der Waals surface area contributed by atoms with Crippen LogP contribution in [0.4, 0.5) is 15.2 Å². The molecular formula is C24H18ClFN6OS. The van der Waals surface area contributed by atoms with Gasteiger partial charge in [-0.05, 0) is 24.5 Å². The number of nitrogens with zero attached hydrogens (tertiary/aromatic N) is 4. The average molecular weight is 493 g/mol. The second kappa shape index (κ2) is 7.15. The molecule has 4 aromatic rings. The minimum absolute atomic E-state index is 0.0668. The normalized spacial score (nSPS) is 23.0. The summed E-state index contributed by atoms with van der Waals surface area (Å²) in [4.78, 5) is 11.1. The highest BCUT2D eigenvalue weighted by molar-refractivity contribution is 7.23. The third kappa shape index (κ3) is 2.59. The molecule has 0 unspecified atom stereocenters. The van der Waals surface area contributed by atoms with Crippen molar-refractivity contribution in [3.63, 3.8) is 0 Å². The zero-order chi connectivity index (χ0) is 23.1. The van der Waals surface area contributed by atoms with Gasteiger partial charge < -0.3 is 20.7 Å². The molecule has 2 aromatic heterocycles. The summed E-state index contributed by atoms with van der Waals surface area (Å²) < 4.78 is 23.4. The average Bonchev–Trinajstić information content (AvgIpc) is 3.33. The van der Waals surface area contributed by atoms with E-state index >= 15 is 4.39 Å². The van der Waals surface area contributed by atoms with Crippen LogP contribution in [-0.4, -0.2) is 41.2 Å². The zero-order valence-electron chi connectivity index (χ0n) is 17.8. The minimum Gasteiger partial charge on any atom is -0.489 e. The number of nitrogen functional groups attached to an aromatic ring is 1. The highest BCUT2D eigenvalue weighted by Gasteiger charge is 2.44. The van der Waals surface area contributed by atoms with E-state index in [2.05, 4.69) is 26.3 Å². The molecule has 34 heavy (non-hydrogen) atoms. The van der Waals surface area contributed by atoms with Gasteiger partial charge in [0.2, 0.25) is 0 Å². The molecule has 0 aliphatic carbocycles. The van der Waals surface area contributed by atoms with E-state index in [4.69, 9.17) is 22.1 Å². The summed E-state index contributed by atoms with van der Waals surface area (Å²) in [6, 6.07) is 8.30. The molecule has 0 spiro atoms. The van der Waals surface area contributed by atoms with Crippen LogP contribution in [0, 0.1) is 17.1 Å². The lowest BCUT2D eigenvalue weighted by molar-refractivity contribution is 0.244. The van der Waals surface area contributed by atoms with Crippen molar-refractivity contribution in [2.45, 2.75) is 31.0 Å². The molecule has 3 aliphatic heterocycles. The number of nitriles is 1. The highest BCUT2D eigenvalue weighted by atomic mass is 35.5. The van der Waals surface area contributed by atoms with Crippen LogP contribution >= 0.6 is 22.9 Å². The van der Waals surface area contributed by atoms with Gasteiger partial charge in [-0.1, -0.05) is 23.7 Å². The van der Waals surface area contributed by atoms with Crippen molar-refractivity contribution < 1.29 is 9.13 Å². The van der Waals surface area contributed by atoms with E-state index < -0.39 is 5.82 Å². The molecule has 2 fully saturated rings. The fraction of sp³-hybridized carbons (Fsp3) is 0.292. The number of benzene rings is 2. The van der Waals surface area contributed by atoms with Crippen LogP contribution in [0.15, 0.2) is 24.5 Å². The van der Waals surface area contributed by atoms with Gasteiger partial charge in [-0.3, -0.25) is 0 Å². The molecule has 170 valence electrons. The first-order valence-corrected chi connectivity index (χ1v) is 12.3. The fourth-order valence-corrected chi connectivity index (χ4v) is 7.05. The number of halogens is 2. The zero-order valence-corrected chi connectivity index (χ0v) is 19.4. The molecule has 0 radical (unpaired) electrons. The molecule has 5 heterocycles. The molecule has 3 N–H and O–H groups in total. The number of fused-ring (bicyclic) bond motifs is 6. The minimum atomic E-state index is -0.561. The van der Waals surface area contributed by atoms with Crippen LogP contribution in [0.25, 0.3) is 32.1 Å². The Morgan fingerprint density at radius 3 is 3.03 bits per heavy atom. The molecule has 3 atom stereocenters. The summed E-state index contributed by atoms with van der Waals surface area (Å²) in [6.45, 7) is 1.18. The van der Waals surface area contributed by atoms with E-state index in [1.54, 1.807) is 12.1 Å². The van der Waals surface area contributed by atoms with Crippen LogP contribution in [0.1, 0.15) is 18.4 Å². The Kier molecular flexibility index (Phi) is 4.25. The molecule has 0 saturated carbocycles. The second-order valence-electron chi connectivity index (χ2n) is 8.96. The summed E-state index contributed by atoms with van der Waals surface area (Å²) in [6.07, 6.45) is 3.56. The summed E-state index contributed by atoms with van der Waals surface area (Å²) in [5.74, 6) is 0.477. The molecule has 2 saturated heterocycles. The summed E-state index contributed by atoms with van der Waals surface area (Å²) in [7, 11) is 0. The first-order chi connectivity index (χ1) is 16.6. The maximum Gasteiger partial charge on any atom is 0.159 e. The van der Waals surface area contributed by atoms with Crippen LogP contribution < -0.4 is 20.7 Å². The first kappa shape index (κ1) is 20.2. The third-order valence-electron chi connectivity index (χ3n) is 7.25. The molecule has 10 heteroatoms. The predicted molar refractivity (Wildman–Crippen MR) is 131 cm³/mol. The lowest BCUT2D eigenvalue weighted by Gasteiger charge is -2.40. The molecule has 2 bridgehead atoms. The van der Waals surface area contributed by atoms with Crippen molar-refractivity contribution in [3.05, 3.63) is 40.9 Å². The molecule has 0 amide bonds. The Balaban J connectivity index is 1.53. The van der Waals surface area contributed by atoms with Crippen molar-refractivity contribution >= 4 is 54.7 Å². The van der Waals surface area contributed by atoms with E-state index in [0.29, 0.717) is 51.1 Å².